The molecule has 0 unspecified atom stereocenters. The molecule has 2 saturated heterocycles. The Labute approximate surface area is 279 Å². The summed E-state index contributed by atoms with van der Waals surface area (Å²) in [6.45, 7) is 1.95. The van der Waals surface area contributed by atoms with E-state index in [1.165, 1.54) is 18.0 Å². The minimum absolute atomic E-state index is 0.0868. The summed E-state index contributed by atoms with van der Waals surface area (Å²) in [4.78, 5) is 49.0. The number of halogens is 4. The number of anilines is 3. The van der Waals surface area contributed by atoms with Crippen molar-refractivity contribution in [2.45, 2.75) is 37.1 Å². The molecule has 3 amide bonds. The molecule has 254 valence electrons. The minimum atomic E-state index is -4.72. The van der Waals surface area contributed by atoms with E-state index in [-0.39, 0.29) is 48.6 Å². The Bertz CT molecular complexity index is 1680. The number of ether oxygens (including phenoxy) is 2. The highest BCUT2D eigenvalue weighted by Crippen LogP contribution is 2.44. The van der Waals surface area contributed by atoms with Gasteiger partial charge in [0.15, 0.2) is 6.10 Å². The summed E-state index contributed by atoms with van der Waals surface area (Å²) in [5.41, 5.74) is 0.267. The van der Waals surface area contributed by atoms with E-state index in [0.29, 0.717) is 31.9 Å². The number of benzene rings is 2. The van der Waals surface area contributed by atoms with Crippen molar-refractivity contribution in [2.75, 3.05) is 61.8 Å². The molecule has 4 heterocycles. The fourth-order valence-corrected chi connectivity index (χ4v) is 6.91. The van der Waals surface area contributed by atoms with E-state index in [0.717, 1.165) is 17.3 Å². The number of likely N-dealkylation sites (tertiary alicyclic amines) is 1. The zero-order chi connectivity index (χ0) is 34.1. The van der Waals surface area contributed by atoms with Crippen LogP contribution in [0, 0.1) is 0 Å². The average molecular weight is 687 g/mol. The molecule has 6 rings (SSSR count). The van der Waals surface area contributed by atoms with Crippen molar-refractivity contribution in [3.63, 3.8) is 0 Å². The number of nitrogens with one attached hydrogen (secondary N) is 2. The summed E-state index contributed by atoms with van der Waals surface area (Å²) in [7, 11) is 1.34. The largest absolute Gasteiger partial charge is 0.438 e. The summed E-state index contributed by atoms with van der Waals surface area (Å²) in [5.74, 6) is -0.519. The van der Waals surface area contributed by atoms with Gasteiger partial charge in [-0.05, 0) is 35.9 Å². The predicted molar refractivity (Wildman–Crippen MR) is 172 cm³/mol. The second-order valence-electron chi connectivity index (χ2n) is 11.9. The van der Waals surface area contributed by atoms with Gasteiger partial charge in [-0.2, -0.15) is 13.2 Å². The number of piperazine rings is 1. The summed E-state index contributed by atoms with van der Waals surface area (Å²) in [6, 6.07) is 13.3. The van der Waals surface area contributed by atoms with Crippen LogP contribution in [0.5, 0.6) is 0 Å². The molecule has 11 nitrogen and oxygen atoms in total. The molecule has 2 aromatic carbocycles. The van der Waals surface area contributed by atoms with Gasteiger partial charge in [-0.1, -0.05) is 29.8 Å². The van der Waals surface area contributed by atoms with Gasteiger partial charge in [0.1, 0.15) is 5.60 Å². The third kappa shape index (κ3) is 6.80. The van der Waals surface area contributed by atoms with Crippen LogP contribution in [-0.2, 0) is 32.5 Å². The van der Waals surface area contributed by atoms with Crippen LogP contribution < -0.4 is 15.5 Å². The van der Waals surface area contributed by atoms with Gasteiger partial charge in [0.25, 0.3) is 5.91 Å². The van der Waals surface area contributed by atoms with Gasteiger partial charge in [-0.25, -0.2) is 9.59 Å². The molecule has 1 atom stereocenters. The van der Waals surface area contributed by atoms with Crippen molar-refractivity contribution in [3.05, 3.63) is 82.6 Å². The first kappa shape index (κ1) is 33.2. The number of alkyl halides is 3. The molecular weight excluding hydrogens is 653 g/mol. The Morgan fingerprint density at radius 3 is 2.40 bits per heavy atom. The lowest BCUT2D eigenvalue weighted by Gasteiger charge is -2.44. The molecule has 2 fully saturated rings. The van der Waals surface area contributed by atoms with Crippen molar-refractivity contribution in [3.8, 4) is 0 Å². The first-order valence-electron chi connectivity index (χ1n) is 15.5. The maximum atomic E-state index is 14.0. The molecule has 3 aliphatic heterocycles. The number of hydrogen-bond acceptors (Lipinski definition) is 8. The molecule has 48 heavy (non-hydrogen) atoms. The summed E-state index contributed by atoms with van der Waals surface area (Å²) in [5, 5.41) is 5.01. The summed E-state index contributed by atoms with van der Waals surface area (Å²) >= 11 is 6.25. The monoisotopic (exact) mass is 686 g/mol. The quantitative estimate of drug-likeness (QED) is 0.337. The highest BCUT2D eigenvalue weighted by atomic mass is 35.5. The Balaban J connectivity index is 1.20. The van der Waals surface area contributed by atoms with Crippen LogP contribution in [0.15, 0.2) is 60.9 Å². The van der Waals surface area contributed by atoms with Crippen molar-refractivity contribution >= 4 is 46.8 Å². The van der Waals surface area contributed by atoms with Crippen molar-refractivity contribution in [1.29, 1.82) is 0 Å². The van der Waals surface area contributed by atoms with E-state index >= 15 is 0 Å². The van der Waals surface area contributed by atoms with Gasteiger partial charge in [-0.3, -0.25) is 15.1 Å². The third-order valence-corrected chi connectivity index (χ3v) is 9.33. The van der Waals surface area contributed by atoms with E-state index in [1.54, 1.807) is 29.4 Å². The zero-order valence-corrected chi connectivity index (χ0v) is 26.8. The van der Waals surface area contributed by atoms with Crippen LogP contribution in [0.2, 0.25) is 5.02 Å². The number of piperidine rings is 1. The molecular formula is C33H34ClF3N6O5. The van der Waals surface area contributed by atoms with Crippen molar-refractivity contribution in [1.82, 2.24) is 14.8 Å². The number of hydrogen-bond donors (Lipinski definition) is 2. The smallest absolute Gasteiger partial charge is 0.418 e. The normalized spacial score (nSPS) is 18.0. The molecule has 0 radical (unpaired) electrons. The summed E-state index contributed by atoms with van der Waals surface area (Å²) in [6.07, 6.45) is -3.90. The topological polar surface area (TPSA) is 116 Å². The van der Waals surface area contributed by atoms with Gasteiger partial charge >= 0.3 is 18.4 Å². The van der Waals surface area contributed by atoms with Gasteiger partial charge in [0, 0.05) is 89.2 Å². The van der Waals surface area contributed by atoms with Crippen LogP contribution in [0.4, 0.5) is 39.8 Å². The Hall–Kier alpha value is -4.72. The van der Waals surface area contributed by atoms with Crippen LogP contribution in [0.1, 0.15) is 29.5 Å². The van der Waals surface area contributed by atoms with E-state index in [9.17, 15) is 27.6 Å². The number of carbonyl (C=O) groups excluding carboxylic acids is 3. The Morgan fingerprint density at radius 2 is 1.73 bits per heavy atom. The van der Waals surface area contributed by atoms with Gasteiger partial charge in [0.05, 0.1) is 22.0 Å². The molecule has 3 aromatic rings. The number of pyridine rings is 1. The number of rotatable bonds is 6. The minimum Gasteiger partial charge on any atom is -0.438 e. The molecule has 0 aliphatic carbocycles. The number of nitrogens with zero attached hydrogens (tertiary/aromatic N) is 4. The number of amides is 3. The van der Waals surface area contributed by atoms with Gasteiger partial charge in [-0.15, -0.1) is 0 Å². The fourth-order valence-electron chi connectivity index (χ4n) is 6.57. The highest BCUT2D eigenvalue weighted by molar-refractivity contribution is 6.33. The molecule has 2 N–H and O–H groups in total. The SMILES string of the molecule is CNc1c(Cl)cc(C[C@@H](OC(=O)N2CCC3(CC2)OC(=O)Nc2ccccc23)C(=O)N2CCN(c3ccncc3)CC2)cc1C(F)(F)F. The standard InChI is InChI=1S/C33H34ClF3N6O5/c1-38-28-24(33(35,36)37)18-21(19-25(28)34)20-27(29(44)42-16-14-41(15-17-42)22-6-10-39-11-7-22)47-31(46)43-12-8-32(9-13-43)23-4-2-3-5-26(23)40-30(45)48-32/h2-7,10-11,18-19,27,38H,8-9,12-17,20H2,1H3,(H,40,45)/t27-/m1/s1. The lowest BCUT2D eigenvalue weighted by molar-refractivity contribution is -0.141. The first-order chi connectivity index (χ1) is 23.0. The predicted octanol–water partition coefficient (Wildman–Crippen LogP) is 5.75. The molecule has 0 bridgehead atoms. The van der Waals surface area contributed by atoms with Gasteiger partial charge < -0.3 is 29.5 Å². The second kappa shape index (κ2) is 13.4. The van der Waals surface area contributed by atoms with E-state index in [4.69, 9.17) is 21.1 Å². The molecule has 1 spiro atoms. The first-order valence-corrected chi connectivity index (χ1v) is 15.9. The van der Waals surface area contributed by atoms with Crippen LogP contribution in [-0.4, -0.2) is 85.3 Å². The van der Waals surface area contributed by atoms with Crippen LogP contribution in [0.3, 0.4) is 0 Å². The van der Waals surface area contributed by atoms with Gasteiger partial charge in [0.2, 0.25) is 0 Å². The molecule has 15 heteroatoms. The molecule has 0 saturated carbocycles. The second-order valence-corrected chi connectivity index (χ2v) is 12.3. The number of carbonyl (C=O) groups is 3. The average Bonchev–Trinajstić information content (AvgIpc) is 3.07. The Morgan fingerprint density at radius 1 is 1.04 bits per heavy atom. The number of para-hydroxylation sites is 1. The lowest BCUT2D eigenvalue weighted by atomic mass is 9.82. The van der Waals surface area contributed by atoms with Crippen LogP contribution >= 0.6 is 11.6 Å². The molecule has 1 aromatic heterocycles. The van der Waals surface area contributed by atoms with E-state index < -0.39 is 41.5 Å². The van der Waals surface area contributed by atoms with E-state index in [2.05, 4.69) is 20.5 Å². The Kier molecular flexibility index (Phi) is 9.28. The maximum Gasteiger partial charge on any atom is 0.418 e. The fraction of sp³-hybridized carbons (Fsp3) is 0.394. The van der Waals surface area contributed by atoms with Crippen LogP contribution in [0.25, 0.3) is 0 Å². The van der Waals surface area contributed by atoms with Crippen molar-refractivity contribution < 1.29 is 37.0 Å². The number of fused-ring (bicyclic) bond motifs is 2. The zero-order valence-electron chi connectivity index (χ0n) is 26.1. The number of aromatic nitrogens is 1. The summed E-state index contributed by atoms with van der Waals surface area (Å²) < 4.78 is 53.5. The van der Waals surface area contributed by atoms with Crippen molar-refractivity contribution in [2.24, 2.45) is 0 Å². The lowest BCUT2D eigenvalue weighted by Crippen LogP contribution is -2.54. The third-order valence-electron chi connectivity index (χ3n) is 9.04. The molecule has 3 aliphatic rings. The maximum absolute atomic E-state index is 14.0. The highest BCUT2D eigenvalue weighted by Gasteiger charge is 2.46. The van der Waals surface area contributed by atoms with E-state index in [1.807, 2.05) is 24.3 Å².